The largest absolute Gasteiger partial charge is 0.396 e. The van der Waals surface area contributed by atoms with Gasteiger partial charge in [0.1, 0.15) is 0 Å². The maximum atomic E-state index is 9.10. The molecule has 0 radical (unpaired) electrons. The lowest BCUT2D eigenvalue weighted by Gasteiger charge is -2.05. The lowest BCUT2D eigenvalue weighted by molar-refractivity contribution is 0.265. The van der Waals surface area contributed by atoms with Gasteiger partial charge in [-0.3, -0.25) is 0 Å². The Bertz CT molecular complexity index is 436. The minimum atomic E-state index is -0.141. The second-order valence-electron chi connectivity index (χ2n) is 3.54. The van der Waals surface area contributed by atoms with Crippen LogP contribution in [0.1, 0.15) is 11.6 Å². The first-order valence-corrected chi connectivity index (χ1v) is 5.13. The molecule has 1 unspecified atom stereocenters. The summed E-state index contributed by atoms with van der Waals surface area (Å²) in [6.07, 6.45) is 1.79. The smallest absolute Gasteiger partial charge is 0.0898 e. The van der Waals surface area contributed by atoms with E-state index < -0.39 is 0 Å². The number of aliphatic hydroxyl groups is 1. The minimum absolute atomic E-state index is 0.00994. The Morgan fingerprint density at radius 2 is 2.06 bits per heavy atom. The molecule has 5 nitrogen and oxygen atoms in total. The van der Waals surface area contributed by atoms with E-state index in [9.17, 15) is 0 Å². The zero-order valence-corrected chi connectivity index (χ0v) is 8.82. The zero-order chi connectivity index (χ0) is 11.4. The number of para-hydroxylation sites is 1. The van der Waals surface area contributed by atoms with E-state index in [1.807, 2.05) is 30.3 Å². The van der Waals surface area contributed by atoms with Gasteiger partial charge in [-0.1, -0.05) is 23.4 Å². The molecular formula is C11H14N4O. The summed E-state index contributed by atoms with van der Waals surface area (Å²) < 4.78 is 1.67. The van der Waals surface area contributed by atoms with Crippen LogP contribution in [0.15, 0.2) is 36.5 Å². The number of nitrogens with two attached hydrogens (primary N) is 1. The molecule has 84 valence electrons. The van der Waals surface area contributed by atoms with Crippen LogP contribution in [0.4, 0.5) is 0 Å². The summed E-state index contributed by atoms with van der Waals surface area (Å²) >= 11 is 0. The number of benzene rings is 1. The second-order valence-corrected chi connectivity index (χ2v) is 3.54. The van der Waals surface area contributed by atoms with E-state index in [4.69, 9.17) is 10.8 Å². The molecule has 0 fully saturated rings. The third-order valence-corrected chi connectivity index (χ3v) is 2.46. The number of hydrogen-bond donors (Lipinski definition) is 2. The third kappa shape index (κ3) is 2.10. The Morgan fingerprint density at radius 1 is 1.31 bits per heavy atom. The molecule has 2 aromatic rings. The number of hydrogen-bond acceptors (Lipinski definition) is 4. The first kappa shape index (κ1) is 10.8. The Kier molecular flexibility index (Phi) is 3.28. The van der Waals surface area contributed by atoms with Crippen molar-refractivity contribution >= 4 is 0 Å². The van der Waals surface area contributed by atoms with Crippen LogP contribution >= 0.6 is 0 Å². The summed E-state index contributed by atoms with van der Waals surface area (Å²) in [4.78, 5) is 0. The summed E-state index contributed by atoms with van der Waals surface area (Å²) in [7, 11) is 0. The highest BCUT2D eigenvalue weighted by molar-refractivity contribution is 5.30. The van der Waals surface area contributed by atoms with Gasteiger partial charge in [0.15, 0.2) is 0 Å². The fraction of sp³-hybridized carbons (Fsp3) is 0.273. The van der Waals surface area contributed by atoms with Crippen molar-refractivity contribution in [3.8, 4) is 5.69 Å². The molecule has 1 aromatic carbocycles. The highest BCUT2D eigenvalue weighted by Gasteiger charge is 2.12. The van der Waals surface area contributed by atoms with Crippen molar-refractivity contribution in [3.05, 3.63) is 42.2 Å². The van der Waals surface area contributed by atoms with E-state index in [0.29, 0.717) is 12.2 Å². The molecular weight excluding hydrogens is 204 g/mol. The predicted octanol–water partition coefficient (Wildman–Crippen LogP) is 0.302. The molecule has 1 atom stereocenters. The molecule has 0 saturated carbocycles. The fourth-order valence-corrected chi connectivity index (χ4v) is 1.46. The van der Waals surface area contributed by atoms with Gasteiger partial charge in [-0.05, 0) is 12.1 Å². The van der Waals surface area contributed by atoms with Gasteiger partial charge in [-0.25, -0.2) is 4.68 Å². The highest BCUT2D eigenvalue weighted by atomic mass is 16.3. The van der Waals surface area contributed by atoms with E-state index in [1.54, 1.807) is 10.9 Å². The standard InChI is InChI=1S/C11H14N4O/c12-6-9(8-16)11-7-15(14-13-11)10-4-2-1-3-5-10/h1-5,7,9,16H,6,8,12H2. The van der Waals surface area contributed by atoms with Crippen LogP contribution in [0.2, 0.25) is 0 Å². The maximum Gasteiger partial charge on any atom is 0.0898 e. The summed E-state index contributed by atoms with van der Waals surface area (Å²) in [5.74, 6) is -0.141. The normalized spacial score (nSPS) is 12.6. The van der Waals surface area contributed by atoms with Gasteiger partial charge in [-0.15, -0.1) is 5.10 Å². The molecule has 0 saturated heterocycles. The molecule has 0 bridgehead atoms. The van der Waals surface area contributed by atoms with Gasteiger partial charge >= 0.3 is 0 Å². The lowest BCUT2D eigenvalue weighted by atomic mass is 10.1. The van der Waals surface area contributed by atoms with Crippen LogP contribution < -0.4 is 5.73 Å². The average Bonchev–Trinajstić information content (AvgIpc) is 2.81. The van der Waals surface area contributed by atoms with Crippen molar-refractivity contribution in [2.24, 2.45) is 5.73 Å². The van der Waals surface area contributed by atoms with Crippen LogP contribution in [0.5, 0.6) is 0 Å². The number of aromatic nitrogens is 3. The Hall–Kier alpha value is -1.72. The van der Waals surface area contributed by atoms with E-state index in [1.165, 1.54) is 0 Å². The van der Waals surface area contributed by atoms with Gasteiger partial charge in [-0.2, -0.15) is 0 Å². The molecule has 0 aliphatic rings. The fourth-order valence-electron chi connectivity index (χ4n) is 1.46. The average molecular weight is 218 g/mol. The molecule has 0 aliphatic carbocycles. The van der Waals surface area contributed by atoms with Crippen molar-refractivity contribution < 1.29 is 5.11 Å². The van der Waals surface area contributed by atoms with Gasteiger partial charge in [0.05, 0.1) is 24.2 Å². The predicted molar refractivity (Wildman–Crippen MR) is 60.2 cm³/mol. The molecule has 0 amide bonds. The SMILES string of the molecule is NCC(CO)c1cn(-c2ccccc2)nn1. The monoisotopic (exact) mass is 218 g/mol. The minimum Gasteiger partial charge on any atom is -0.396 e. The third-order valence-electron chi connectivity index (χ3n) is 2.46. The van der Waals surface area contributed by atoms with E-state index in [0.717, 1.165) is 5.69 Å². The quantitative estimate of drug-likeness (QED) is 0.774. The number of aliphatic hydroxyl groups excluding tert-OH is 1. The van der Waals surface area contributed by atoms with E-state index in [2.05, 4.69) is 10.3 Å². The van der Waals surface area contributed by atoms with Crippen molar-refractivity contribution in [1.82, 2.24) is 15.0 Å². The van der Waals surface area contributed by atoms with Crippen molar-refractivity contribution in [1.29, 1.82) is 0 Å². The first-order valence-electron chi connectivity index (χ1n) is 5.13. The number of rotatable bonds is 4. The second kappa shape index (κ2) is 4.87. The lowest BCUT2D eigenvalue weighted by Crippen LogP contribution is -2.16. The van der Waals surface area contributed by atoms with Crippen LogP contribution in [0.3, 0.4) is 0 Å². The summed E-state index contributed by atoms with van der Waals surface area (Å²) in [6, 6.07) is 9.69. The van der Waals surface area contributed by atoms with Crippen molar-refractivity contribution in [2.75, 3.05) is 13.2 Å². The summed E-state index contributed by atoms with van der Waals surface area (Å²) in [5, 5.41) is 17.1. The molecule has 1 heterocycles. The molecule has 16 heavy (non-hydrogen) atoms. The van der Waals surface area contributed by atoms with Gasteiger partial charge in [0.2, 0.25) is 0 Å². The van der Waals surface area contributed by atoms with Crippen molar-refractivity contribution in [3.63, 3.8) is 0 Å². The first-order chi connectivity index (χ1) is 7.85. The van der Waals surface area contributed by atoms with Crippen LogP contribution in [0, 0.1) is 0 Å². The Balaban J connectivity index is 2.26. The Morgan fingerprint density at radius 3 is 2.69 bits per heavy atom. The molecule has 5 heteroatoms. The maximum absolute atomic E-state index is 9.10. The van der Waals surface area contributed by atoms with Crippen molar-refractivity contribution in [2.45, 2.75) is 5.92 Å². The summed E-state index contributed by atoms with van der Waals surface area (Å²) in [6.45, 7) is 0.355. The topological polar surface area (TPSA) is 77.0 Å². The molecule has 1 aromatic heterocycles. The van der Waals surface area contributed by atoms with Crippen LogP contribution in [-0.2, 0) is 0 Å². The van der Waals surface area contributed by atoms with Crippen LogP contribution in [0.25, 0.3) is 5.69 Å². The molecule has 0 aliphatic heterocycles. The van der Waals surface area contributed by atoms with Gasteiger partial charge in [0.25, 0.3) is 0 Å². The van der Waals surface area contributed by atoms with E-state index >= 15 is 0 Å². The van der Waals surface area contributed by atoms with Gasteiger partial charge < -0.3 is 10.8 Å². The van der Waals surface area contributed by atoms with E-state index in [-0.39, 0.29) is 12.5 Å². The highest BCUT2D eigenvalue weighted by Crippen LogP contribution is 2.12. The zero-order valence-electron chi connectivity index (χ0n) is 8.82. The molecule has 2 rings (SSSR count). The van der Waals surface area contributed by atoms with Crippen LogP contribution in [-0.4, -0.2) is 33.3 Å². The number of nitrogens with zero attached hydrogens (tertiary/aromatic N) is 3. The Labute approximate surface area is 93.5 Å². The summed E-state index contributed by atoms with van der Waals surface area (Å²) in [5.41, 5.74) is 7.18. The molecule has 3 N–H and O–H groups in total. The molecule has 0 spiro atoms. The van der Waals surface area contributed by atoms with Gasteiger partial charge in [0, 0.05) is 12.5 Å².